The van der Waals surface area contributed by atoms with Crippen molar-refractivity contribution in [1.82, 2.24) is 4.98 Å². The molecular weight excluding hydrogens is 328 g/mol. The Balaban J connectivity index is 2.00. The van der Waals surface area contributed by atoms with Gasteiger partial charge in [-0.2, -0.15) is 0 Å². The zero-order valence-electron chi connectivity index (χ0n) is 12.8. The van der Waals surface area contributed by atoms with Gasteiger partial charge in [0.2, 0.25) is 0 Å². The van der Waals surface area contributed by atoms with E-state index in [0.717, 1.165) is 29.8 Å². The average Bonchev–Trinajstić information content (AvgIpc) is 2.44. The summed E-state index contributed by atoms with van der Waals surface area (Å²) in [6.07, 6.45) is 0.196. The Bertz CT molecular complexity index is 656. The van der Waals surface area contributed by atoms with E-state index in [1.807, 2.05) is 6.07 Å². The van der Waals surface area contributed by atoms with Gasteiger partial charge in [-0.05, 0) is 38.5 Å². The fourth-order valence-corrected chi connectivity index (χ4v) is 3.41. The minimum absolute atomic E-state index is 0.156. The first kappa shape index (κ1) is 14.8. The van der Waals surface area contributed by atoms with Crippen LogP contribution in [-0.2, 0) is 4.74 Å². The molecule has 4 heteroatoms. The van der Waals surface area contributed by atoms with Crippen LogP contribution in [0.5, 0.6) is 0 Å². The fourth-order valence-electron chi connectivity index (χ4n) is 3.07. The molecule has 0 amide bonds. The highest BCUT2D eigenvalue weighted by atomic mass is 79.9. The van der Waals surface area contributed by atoms with Crippen molar-refractivity contribution >= 4 is 32.7 Å². The third-order valence-electron chi connectivity index (χ3n) is 3.84. The molecule has 0 saturated carbocycles. The SMILES string of the molecule is Cc1cc2ccccc2nc1N1CC(CBr)OC(C)(C)C1. The molecule has 0 aliphatic carbocycles. The summed E-state index contributed by atoms with van der Waals surface area (Å²) in [5, 5.41) is 2.04. The average molecular weight is 349 g/mol. The molecule has 0 radical (unpaired) electrons. The largest absolute Gasteiger partial charge is 0.368 e. The molecule has 2 heterocycles. The number of para-hydroxylation sites is 1. The standard InChI is InChI=1S/C17H21BrN2O/c1-12-8-13-6-4-5-7-15(13)19-16(12)20-10-14(9-18)21-17(2,3)11-20/h4-8,14H,9-11H2,1-3H3. The van der Waals surface area contributed by atoms with E-state index in [-0.39, 0.29) is 11.7 Å². The summed E-state index contributed by atoms with van der Waals surface area (Å²) in [5.74, 6) is 1.08. The van der Waals surface area contributed by atoms with Gasteiger partial charge in [-0.3, -0.25) is 0 Å². The fraction of sp³-hybridized carbons (Fsp3) is 0.471. The topological polar surface area (TPSA) is 25.4 Å². The first-order chi connectivity index (χ1) is 9.98. The maximum atomic E-state index is 6.09. The monoisotopic (exact) mass is 348 g/mol. The molecular formula is C17H21BrN2O. The van der Waals surface area contributed by atoms with Crippen LogP contribution in [-0.4, -0.2) is 35.1 Å². The van der Waals surface area contributed by atoms with Gasteiger partial charge in [0.1, 0.15) is 5.82 Å². The zero-order valence-corrected chi connectivity index (χ0v) is 14.4. The Morgan fingerprint density at radius 3 is 2.90 bits per heavy atom. The minimum Gasteiger partial charge on any atom is -0.368 e. The van der Waals surface area contributed by atoms with Crippen molar-refractivity contribution in [2.75, 3.05) is 23.3 Å². The lowest BCUT2D eigenvalue weighted by Crippen LogP contribution is -2.53. The summed E-state index contributed by atoms with van der Waals surface area (Å²) < 4.78 is 6.09. The van der Waals surface area contributed by atoms with Crippen molar-refractivity contribution in [3.05, 3.63) is 35.9 Å². The van der Waals surface area contributed by atoms with Crippen LogP contribution in [0, 0.1) is 6.92 Å². The van der Waals surface area contributed by atoms with E-state index in [9.17, 15) is 0 Å². The second-order valence-electron chi connectivity index (χ2n) is 6.36. The summed E-state index contributed by atoms with van der Waals surface area (Å²) in [5.41, 5.74) is 2.12. The van der Waals surface area contributed by atoms with Gasteiger partial charge in [0.05, 0.1) is 17.2 Å². The number of anilines is 1. The number of aromatic nitrogens is 1. The van der Waals surface area contributed by atoms with Crippen molar-refractivity contribution in [3.63, 3.8) is 0 Å². The number of hydrogen-bond donors (Lipinski definition) is 0. The van der Waals surface area contributed by atoms with Crippen LogP contribution in [0.2, 0.25) is 0 Å². The van der Waals surface area contributed by atoms with Crippen LogP contribution in [0.3, 0.4) is 0 Å². The van der Waals surface area contributed by atoms with E-state index in [1.54, 1.807) is 0 Å². The number of rotatable bonds is 2. The summed E-state index contributed by atoms with van der Waals surface area (Å²) in [6.45, 7) is 8.17. The van der Waals surface area contributed by atoms with Crippen LogP contribution < -0.4 is 4.90 Å². The highest BCUT2D eigenvalue weighted by molar-refractivity contribution is 9.09. The van der Waals surface area contributed by atoms with Crippen molar-refractivity contribution in [2.24, 2.45) is 0 Å². The van der Waals surface area contributed by atoms with Gasteiger partial charge in [0.25, 0.3) is 0 Å². The van der Waals surface area contributed by atoms with E-state index in [2.05, 4.69) is 65.9 Å². The molecule has 112 valence electrons. The Morgan fingerprint density at radius 1 is 1.38 bits per heavy atom. The van der Waals surface area contributed by atoms with Gasteiger partial charge in [-0.25, -0.2) is 4.98 Å². The lowest BCUT2D eigenvalue weighted by Gasteiger charge is -2.43. The van der Waals surface area contributed by atoms with Crippen molar-refractivity contribution in [3.8, 4) is 0 Å². The van der Waals surface area contributed by atoms with Crippen LogP contribution in [0.4, 0.5) is 5.82 Å². The first-order valence-electron chi connectivity index (χ1n) is 7.34. The molecule has 0 bridgehead atoms. The van der Waals surface area contributed by atoms with Crippen molar-refractivity contribution in [2.45, 2.75) is 32.5 Å². The van der Waals surface area contributed by atoms with E-state index < -0.39 is 0 Å². The Morgan fingerprint density at radius 2 is 2.14 bits per heavy atom. The van der Waals surface area contributed by atoms with E-state index in [0.29, 0.717) is 0 Å². The molecule has 1 unspecified atom stereocenters. The third-order valence-corrected chi connectivity index (χ3v) is 4.56. The van der Waals surface area contributed by atoms with Crippen LogP contribution in [0.1, 0.15) is 19.4 Å². The van der Waals surface area contributed by atoms with E-state index in [1.165, 1.54) is 10.9 Å². The van der Waals surface area contributed by atoms with Gasteiger partial charge < -0.3 is 9.64 Å². The highest BCUT2D eigenvalue weighted by Crippen LogP contribution is 2.29. The number of fused-ring (bicyclic) bond motifs is 1. The van der Waals surface area contributed by atoms with Crippen LogP contribution in [0.15, 0.2) is 30.3 Å². The van der Waals surface area contributed by atoms with Crippen LogP contribution in [0.25, 0.3) is 10.9 Å². The molecule has 1 aromatic heterocycles. The molecule has 0 spiro atoms. The summed E-state index contributed by atoms with van der Waals surface area (Å²) >= 11 is 3.55. The number of morpholine rings is 1. The maximum absolute atomic E-state index is 6.09. The molecule has 1 aromatic carbocycles. The van der Waals surface area contributed by atoms with Crippen molar-refractivity contribution < 1.29 is 4.74 Å². The maximum Gasteiger partial charge on any atom is 0.132 e. The number of hydrogen-bond acceptors (Lipinski definition) is 3. The van der Waals surface area contributed by atoms with Crippen molar-refractivity contribution in [1.29, 1.82) is 0 Å². The van der Waals surface area contributed by atoms with Gasteiger partial charge in [-0.1, -0.05) is 34.1 Å². The van der Waals surface area contributed by atoms with E-state index >= 15 is 0 Å². The Kier molecular flexibility index (Phi) is 3.93. The van der Waals surface area contributed by atoms with Crippen LogP contribution >= 0.6 is 15.9 Å². The number of nitrogens with zero attached hydrogens (tertiary/aromatic N) is 2. The van der Waals surface area contributed by atoms with E-state index in [4.69, 9.17) is 9.72 Å². The molecule has 3 rings (SSSR count). The minimum atomic E-state index is -0.156. The zero-order chi connectivity index (χ0) is 15.0. The number of pyridine rings is 1. The number of aryl methyl sites for hydroxylation is 1. The number of alkyl halides is 1. The number of ether oxygens (including phenoxy) is 1. The number of benzene rings is 1. The molecule has 3 nitrogen and oxygen atoms in total. The molecule has 1 aliphatic heterocycles. The molecule has 1 saturated heterocycles. The summed E-state index contributed by atoms with van der Waals surface area (Å²) in [4.78, 5) is 7.25. The predicted molar refractivity (Wildman–Crippen MR) is 91.4 cm³/mol. The smallest absolute Gasteiger partial charge is 0.132 e. The van der Waals surface area contributed by atoms with Gasteiger partial charge in [0.15, 0.2) is 0 Å². The molecule has 0 N–H and O–H groups in total. The third kappa shape index (κ3) is 3.06. The lowest BCUT2D eigenvalue weighted by molar-refractivity contribution is -0.0726. The normalized spacial score (nSPS) is 21.7. The van der Waals surface area contributed by atoms with Gasteiger partial charge in [0, 0.05) is 23.8 Å². The van der Waals surface area contributed by atoms with Gasteiger partial charge in [-0.15, -0.1) is 0 Å². The lowest BCUT2D eigenvalue weighted by atomic mass is 10.0. The first-order valence-corrected chi connectivity index (χ1v) is 8.46. The highest BCUT2D eigenvalue weighted by Gasteiger charge is 2.34. The van der Waals surface area contributed by atoms with Gasteiger partial charge >= 0.3 is 0 Å². The molecule has 1 aliphatic rings. The second kappa shape index (κ2) is 5.58. The quantitative estimate of drug-likeness (QED) is 0.769. The molecule has 2 aromatic rings. The summed E-state index contributed by atoms with van der Waals surface area (Å²) in [6, 6.07) is 10.5. The molecule has 21 heavy (non-hydrogen) atoms. The molecule has 1 fully saturated rings. The Hall–Kier alpha value is -1.13. The Labute approximate surface area is 134 Å². The molecule has 1 atom stereocenters. The second-order valence-corrected chi connectivity index (χ2v) is 7.00. The predicted octanol–water partition coefficient (Wildman–Crippen LogP) is 3.92. The number of halogens is 1. The summed E-state index contributed by atoms with van der Waals surface area (Å²) in [7, 11) is 0.